The average Bonchev–Trinajstić information content (AvgIpc) is 2.73. The first kappa shape index (κ1) is 10.1. The summed E-state index contributed by atoms with van der Waals surface area (Å²) in [7, 11) is 0. The molecule has 1 atom stereocenters. The van der Waals surface area contributed by atoms with Crippen molar-refractivity contribution in [2.24, 2.45) is 0 Å². The molecule has 0 aromatic carbocycles. The van der Waals surface area contributed by atoms with Crippen molar-refractivity contribution in [1.82, 2.24) is 5.32 Å². The fourth-order valence-electron chi connectivity index (χ4n) is 2.04. The molecule has 1 aromatic heterocycles. The van der Waals surface area contributed by atoms with Gasteiger partial charge in [-0.1, -0.05) is 11.3 Å². The van der Waals surface area contributed by atoms with Crippen LogP contribution in [-0.4, -0.2) is 32.1 Å². The maximum Gasteiger partial charge on any atom is 0.217 e. The second-order valence-corrected chi connectivity index (χ2v) is 5.02. The molecular weight excluding hydrogens is 226 g/mol. The summed E-state index contributed by atoms with van der Waals surface area (Å²) in [5, 5.41) is 4.07. The van der Waals surface area contributed by atoms with Crippen molar-refractivity contribution in [1.29, 1.82) is 0 Å². The van der Waals surface area contributed by atoms with Gasteiger partial charge in [-0.2, -0.15) is 0 Å². The van der Waals surface area contributed by atoms with Crippen molar-refractivity contribution in [3.8, 4) is 10.8 Å². The number of hydrogen-bond donors (Lipinski definition) is 1. The topological polar surface area (TPSA) is 47.6 Å². The number of carbonyl (C=O) groups excluding carboxylic acids is 1. The molecule has 2 aliphatic heterocycles. The van der Waals surface area contributed by atoms with Crippen LogP contribution >= 0.6 is 11.3 Å². The van der Waals surface area contributed by atoms with Gasteiger partial charge in [0.05, 0.1) is 5.92 Å². The zero-order valence-electron chi connectivity index (χ0n) is 8.82. The minimum absolute atomic E-state index is 0.0171. The van der Waals surface area contributed by atoms with Crippen LogP contribution in [0.4, 0.5) is 0 Å². The zero-order valence-corrected chi connectivity index (χ0v) is 9.64. The molecule has 86 valence electrons. The van der Waals surface area contributed by atoms with Crippen LogP contribution in [-0.2, 0) is 4.79 Å². The molecule has 3 rings (SSSR count). The minimum Gasteiger partial charge on any atom is -0.485 e. The molecule has 1 unspecified atom stereocenters. The number of carbonyl (C=O) groups is 1. The first-order valence-electron chi connectivity index (χ1n) is 5.47. The molecule has 1 fully saturated rings. The number of ether oxygens (including phenoxy) is 2. The highest BCUT2D eigenvalue weighted by Crippen LogP contribution is 2.42. The fourth-order valence-corrected chi connectivity index (χ4v) is 3.14. The highest BCUT2D eigenvalue weighted by Gasteiger charge is 2.28. The molecule has 0 bridgehead atoms. The van der Waals surface area contributed by atoms with Crippen LogP contribution in [0.15, 0.2) is 6.07 Å². The van der Waals surface area contributed by atoms with Crippen molar-refractivity contribution >= 4 is 17.1 Å². The van der Waals surface area contributed by atoms with E-state index in [1.807, 2.05) is 6.07 Å². The lowest BCUT2D eigenvalue weighted by Gasteiger charge is -2.19. The van der Waals surface area contributed by atoms with Crippen LogP contribution in [0.5, 0.6) is 10.8 Å². The Kier molecular flexibility index (Phi) is 2.57. The Balaban J connectivity index is 1.88. The molecule has 1 saturated heterocycles. The highest BCUT2D eigenvalue weighted by molar-refractivity contribution is 7.14. The molecule has 4 nitrogen and oxygen atoms in total. The maximum absolute atomic E-state index is 11.8. The maximum atomic E-state index is 11.8. The largest absolute Gasteiger partial charge is 0.485 e. The Morgan fingerprint density at radius 3 is 3.06 bits per heavy atom. The summed E-state index contributed by atoms with van der Waals surface area (Å²) < 4.78 is 11.0. The lowest BCUT2D eigenvalue weighted by molar-refractivity contribution is -0.121. The molecule has 0 radical (unpaired) electrons. The van der Waals surface area contributed by atoms with Crippen LogP contribution in [0.2, 0.25) is 0 Å². The number of ketones is 1. The Morgan fingerprint density at radius 1 is 1.38 bits per heavy atom. The third kappa shape index (κ3) is 1.70. The molecule has 0 amide bonds. The van der Waals surface area contributed by atoms with Crippen LogP contribution in [0, 0.1) is 0 Å². The van der Waals surface area contributed by atoms with E-state index >= 15 is 0 Å². The van der Waals surface area contributed by atoms with E-state index in [2.05, 4.69) is 5.32 Å². The molecule has 0 spiro atoms. The zero-order chi connectivity index (χ0) is 11.0. The number of piperidine rings is 1. The highest BCUT2D eigenvalue weighted by atomic mass is 32.1. The van der Waals surface area contributed by atoms with Gasteiger partial charge >= 0.3 is 0 Å². The monoisotopic (exact) mass is 239 g/mol. The molecule has 0 aliphatic carbocycles. The van der Waals surface area contributed by atoms with E-state index in [0.717, 1.165) is 28.8 Å². The quantitative estimate of drug-likeness (QED) is 0.799. The number of nitrogens with one attached hydrogen (secondary N) is 1. The number of fused-ring (bicyclic) bond motifs is 1. The average molecular weight is 239 g/mol. The van der Waals surface area contributed by atoms with Gasteiger partial charge in [-0.25, -0.2) is 0 Å². The van der Waals surface area contributed by atoms with Crippen LogP contribution in [0.3, 0.4) is 0 Å². The van der Waals surface area contributed by atoms with Gasteiger partial charge in [0, 0.05) is 24.4 Å². The molecule has 1 aromatic rings. The van der Waals surface area contributed by atoms with E-state index in [1.54, 1.807) is 0 Å². The summed E-state index contributed by atoms with van der Waals surface area (Å²) in [6.07, 6.45) is 0.620. The van der Waals surface area contributed by atoms with Gasteiger partial charge in [0.25, 0.3) is 0 Å². The summed E-state index contributed by atoms with van der Waals surface area (Å²) >= 11 is 1.54. The van der Waals surface area contributed by atoms with E-state index in [4.69, 9.17) is 9.47 Å². The van der Waals surface area contributed by atoms with Crippen molar-refractivity contribution in [2.75, 3.05) is 26.3 Å². The van der Waals surface area contributed by atoms with E-state index in [1.165, 1.54) is 11.3 Å². The third-order valence-corrected chi connectivity index (χ3v) is 4.03. The standard InChI is InChI=1S/C11H13NO3S/c13-8-1-2-12-6-7(8)10-5-9-11(16-10)15-4-3-14-9/h5,7,12H,1-4,6H2. The second kappa shape index (κ2) is 4.07. The molecule has 3 heterocycles. The summed E-state index contributed by atoms with van der Waals surface area (Å²) in [5.74, 6) is 1.10. The van der Waals surface area contributed by atoms with E-state index in [0.29, 0.717) is 25.4 Å². The first-order chi connectivity index (χ1) is 7.84. The van der Waals surface area contributed by atoms with Crippen LogP contribution < -0.4 is 14.8 Å². The molecule has 0 saturated carbocycles. The summed E-state index contributed by atoms with van der Waals surface area (Å²) in [6.45, 7) is 2.73. The third-order valence-electron chi connectivity index (χ3n) is 2.89. The van der Waals surface area contributed by atoms with Crippen LogP contribution in [0.25, 0.3) is 0 Å². The summed E-state index contributed by atoms with van der Waals surface area (Å²) in [6, 6.07) is 1.95. The van der Waals surface area contributed by atoms with Crippen molar-refractivity contribution in [3.05, 3.63) is 10.9 Å². The molecule has 5 heteroatoms. The molecular formula is C11H13NO3S. The number of thiophene rings is 1. The van der Waals surface area contributed by atoms with E-state index in [-0.39, 0.29) is 5.92 Å². The predicted molar refractivity (Wildman–Crippen MR) is 60.5 cm³/mol. The lowest BCUT2D eigenvalue weighted by atomic mass is 9.96. The summed E-state index contributed by atoms with van der Waals surface area (Å²) in [5.41, 5.74) is 0. The van der Waals surface area contributed by atoms with Crippen molar-refractivity contribution in [2.45, 2.75) is 12.3 Å². The van der Waals surface area contributed by atoms with Gasteiger partial charge in [-0.15, -0.1) is 0 Å². The van der Waals surface area contributed by atoms with Gasteiger partial charge in [-0.05, 0) is 6.07 Å². The van der Waals surface area contributed by atoms with Crippen LogP contribution in [0.1, 0.15) is 17.2 Å². The van der Waals surface area contributed by atoms with E-state index < -0.39 is 0 Å². The smallest absolute Gasteiger partial charge is 0.217 e. The summed E-state index contributed by atoms with van der Waals surface area (Å²) in [4.78, 5) is 12.9. The van der Waals surface area contributed by atoms with Crippen molar-refractivity contribution < 1.29 is 14.3 Å². The van der Waals surface area contributed by atoms with Crippen molar-refractivity contribution in [3.63, 3.8) is 0 Å². The van der Waals surface area contributed by atoms with Gasteiger partial charge in [0.1, 0.15) is 19.0 Å². The fraction of sp³-hybridized carbons (Fsp3) is 0.545. The van der Waals surface area contributed by atoms with Gasteiger partial charge in [0.15, 0.2) is 5.75 Å². The second-order valence-electron chi connectivity index (χ2n) is 3.97. The normalized spacial score (nSPS) is 24.5. The molecule has 1 N–H and O–H groups in total. The number of rotatable bonds is 1. The molecule has 2 aliphatic rings. The lowest BCUT2D eigenvalue weighted by Crippen LogP contribution is -2.34. The molecule has 16 heavy (non-hydrogen) atoms. The Bertz CT molecular complexity index is 392. The van der Waals surface area contributed by atoms with Gasteiger partial charge < -0.3 is 14.8 Å². The Labute approximate surface area is 97.6 Å². The number of hydrogen-bond acceptors (Lipinski definition) is 5. The minimum atomic E-state index is -0.0171. The predicted octanol–water partition coefficient (Wildman–Crippen LogP) is 1.17. The Hall–Kier alpha value is -1.07. The van der Waals surface area contributed by atoms with Gasteiger partial charge in [-0.3, -0.25) is 4.79 Å². The van der Waals surface area contributed by atoms with E-state index in [9.17, 15) is 4.79 Å². The van der Waals surface area contributed by atoms with Gasteiger partial charge in [0.2, 0.25) is 5.06 Å². The SMILES string of the molecule is O=C1CCNCC1c1cc2c(s1)OCCO2. The first-order valence-corrected chi connectivity index (χ1v) is 6.29. The Morgan fingerprint density at radius 2 is 2.25 bits per heavy atom. The number of Topliss-reactive ketones (excluding diaryl/α,β-unsaturated/α-hetero) is 1.